The third-order valence-electron chi connectivity index (χ3n) is 3.46. The predicted octanol–water partition coefficient (Wildman–Crippen LogP) is 2.03. The molecule has 0 atom stereocenters. The van der Waals surface area contributed by atoms with Crippen LogP contribution < -0.4 is 11.1 Å². The van der Waals surface area contributed by atoms with Gasteiger partial charge in [0, 0.05) is 6.20 Å². The molecule has 0 radical (unpaired) electrons. The van der Waals surface area contributed by atoms with Gasteiger partial charge in [-0.05, 0) is 43.4 Å². The van der Waals surface area contributed by atoms with Crippen LogP contribution in [0.5, 0.6) is 0 Å². The summed E-state index contributed by atoms with van der Waals surface area (Å²) >= 11 is 5.05. The molecule has 0 saturated heterocycles. The van der Waals surface area contributed by atoms with Crippen LogP contribution in [-0.2, 0) is 4.79 Å². The van der Waals surface area contributed by atoms with Crippen molar-refractivity contribution < 1.29 is 4.79 Å². The van der Waals surface area contributed by atoms with Gasteiger partial charge in [-0.2, -0.15) is 0 Å². The molecule has 0 spiro atoms. The molecule has 1 heterocycles. The number of pyridine rings is 1. The molecule has 96 valence electrons. The first-order valence-electron chi connectivity index (χ1n) is 5.98. The van der Waals surface area contributed by atoms with Gasteiger partial charge < -0.3 is 11.1 Å². The Bertz CT molecular complexity index is 495. The Morgan fingerprint density at radius 3 is 2.78 bits per heavy atom. The Hall–Kier alpha value is -1.49. The van der Waals surface area contributed by atoms with E-state index in [-0.39, 0.29) is 10.9 Å². The van der Waals surface area contributed by atoms with Gasteiger partial charge in [0.25, 0.3) is 0 Å². The van der Waals surface area contributed by atoms with E-state index in [9.17, 15) is 4.79 Å². The molecule has 1 fully saturated rings. The summed E-state index contributed by atoms with van der Waals surface area (Å²) in [5.41, 5.74) is 6.10. The number of carbonyl (C=O) groups excluding carboxylic acids is 1. The van der Waals surface area contributed by atoms with Crippen LogP contribution >= 0.6 is 12.2 Å². The van der Waals surface area contributed by atoms with Crippen LogP contribution in [0, 0.1) is 18.3 Å². The maximum atomic E-state index is 12.3. The number of hydrogen-bond acceptors (Lipinski definition) is 3. The zero-order chi connectivity index (χ0) is 13.3. The quantitative estimate of drug-likeness (QED) is 0.819. The Morgan fingerprint density at radius 2 is 2.28 bits per heavy atom. The monoisotopic (exact) mass is 263 g/mol. The molecule has 0 aliphatic heterocycles. The van der Waals surface area contributed by atoms with Crippen molar-refractivity contribution in [3.63, 3.8) is 0 Å². The molecule has 1 aromatic heterocycles. The standard InChI is InChI=1S/C13H17N3OS/c1-8-3-4-15-10(5-8)16-12(17)13(11(14)18)6-9(2)7-13/h3-5,9H,6-7H2,1-2H3,(H2,14,18)(H,15,16,17). The minimum Gasteiger partial charge on any atom is -0.392 e. The molecule has 1 aliphatic rings. The highest BCUT2D eigenvalue weighted by molar-refractivity contribution is 7.80. The average molecular weight is 263 g/mol. The second-order valence-corrected chi connectivity index (χ2v) is 5.57. The van der Waals surface area contributed by atoms with E-state index in [1.165, 1.54) is 0 Å². The van der Waals surface area contributed by atoms with Gasteiger partial charge in [-0.3, -0.25) is 4.79 Å². The maximum absolute atomic E-state index is 12.3. The highest BCUT2D eigenvalue weighted by atomic mass is 32.1. The van der Waals surface area contributed by atoms with Crippen molar-refractivity contribution >= 4 is 28.9 Å². The van der Waals surface area contributed by atoms with Crippen LogP contribution in [0.4, 0.5) is 5.82 Å². The van der Waals surface area contributed by atoms with E-state index >= 15 is 0 Å². The normalized spacial score (nSPS) is 26.2. The molecular formula is C13H17N3OS. The van der Waals surface area contributed by atoms with Gasteiger partial charge >= 0.3 is 0 Å². The molecule has 1 aromatic rings. The number of hydrogen-bond donors (Lipinski definition) is 2. The number of amides is 1. The van der Waals surface area contributed by atoms with Crippen molar-refractivity contribution in [3.05, 3.63) is 23.9 Å². The molecule has 1 aliphatic carbocycles. The lowest BCUT2D eigenvalue weighted by molar-refractivity contribution is -0.127. The molecule has 1 saturated carbocycles. The van der Waals surface area contributed by atoms with Gasteiger partial charge in [-0.1, -0.05) is 19.1 Å². The third-order valence-corrected chi connectivity index (χ3v) is 3.85. The Labute approximate surface area is 112 Å². The topological polar surface area (TPSA) is 68.0 Å². The van der Waals surface area contributed by atoms with Gasteiger partial charge in [-0.15, -0.1) is 0 Å². The first-order chi connectivity index (χ1) is 8.44. The Balaban J connectivity index is 2.14. The predicted molar refractivity (Wildman–Crippen MR) is 75.2 cm³/mol. The van der Waals surface area contributed by atoms with Crippen molar-refractivity contribution in [2.24, 2.45) is 17.1 Å². The first-order valence-corrected chi connectivity index (χ1v) is 6.39. The number of nitrogens with zero attached hydrogens (tertiary/aromatic N) is 1. The molecule has 0 unspecified atom stereocenters. The summed E-state index contributed by atoms with van der Waals surface area (Å²) in [6, 6.07) is 3.71. The van der Waals surface area contributed by atoms with Crippen LogP contribution in [0.2, 0.25) is 0 Å². The minimum absolute atomic E-state index is 0.133. The number of aromatic nitrogens is 1. The molecular weight excluding hydrogens is 246 g/mol. The SMILES string of the molecule is Cc1ccnc(NC(=O)C2(C(N)=S)CC(C)C2)c1. The van der Waals surface area contributed by atoms with Gasteiger partial charge in [-0.25, -0.2) is 4.98 Å². The van der Waals surface area contributed by atoms with Gasteiger partial charge in [0.05, 0.1) is 10.4 Å². The van der Waals surface area contributed by atoms with E-state index in [1.54, 1.807) is 6.20 Å². The van der Waals surface area contributed by atoms with Crippen LogP contribution in [0.25, 0.3) is 0 Å². The summed E-state index contributed by atoms with van der Waals surface area (Å²) in [7, 11) is 0. The van der Waals surface area contributed by atoms with Crippen molar-refractivity contribution in [1.82, 2.24) is 4.98 Å². The molecule has 4 nitrogen and oxygen atoms in total. The lowest BCUT2D eigenvalue weighted by Crippen LogP contribution is -2.53. The zero-order valence-corrected chi connectivity index (χ0v) is 11.4. The van der Waals surface area contributed by atoms with Gasteiger partial charge in [0.2, 0.25) is 5.91 Å². The number of nitrogens with two attached hydrogens (primary N) is 1. The molecule has 5 heteroatoms. The van der Waals surface area contributed by atoms with Gasteiger partial charge in [0.15, 0.2) is 0 Å². The summed E-state index contributed by atoms with van der Waals surface area (Å²) in [6.45, 7) is 4.04. The van der Waals surface area contributed by atoms with Crippen molar-refractivity contribution in [1.29, 1.82) is 0 Å². The lowest BCUT2D eigenvalue weighted by Gasteiger charge is -2.43. The summed E-state index contributed by atoms with van der Waals surface area (Å²) in [5, 5.41) is 2.81. The smallest absolute Gasteiger partial charge is 0.238 e. The lowest BCUT2D eigenvalue weighted by atomic mass is 9.62. The van der Waals surface area contributed by atoms with Crippen LogP contribution in [0.3, 0.4) is 0 Å². The number of nitrogens with one attached hydrogen (secondary N) is 1. The van der Waals surface area contributed by atoms with Crippen LogP contribution in [-0.4, -0.2) is 15.9 Å². The summed E-state index contributed by atoms with van der Waals surface area (Å²) in [5.74, 6) is 0.907. The molecule has 0 bridgehead atoms. The second kappa shape index (κ2) is 4.65. The zero-order valence-electron chi connectivity index (χ0n) is 10.6. The van der Waals surface area contributed by atoms with E-state index in [0.29, 0.717) is 11.7 Å². The fourth-order valence-corrected chi connectivity index (χ4v) is 2.73. The number of anilines is 1. The number of aryl methyl sites for hydroxylation is 1. The number of thiocarbonyl (C=S) groups is 1. The molecule has 18 heavy (non-hydrogen) atoms. The van der Waals surface area contributed by atoms with Gasteiger partial charge in [0.1, 0.15) is 5.82 Å². The highest BCUT2D eigenvalue weighted by Crippen LogP contribution is 2.46. The molecule has 2 rings (SSSR count). The third kappa shape index (κ3) is 2.22. The molecule has 1 amide bonds. The summed E-state index contributed by atoms with van der Waals surface area (Å²) in [6.07, 6.45) is 3.11. The van der Waals surface area contributed by atoms with E-state index < -0.39 is 5.41 Å². The van der Waals surface area contributed by atoms with E-state index in [1.807, 2.05) is 19.1 Å². The largest absolute Gasteiger partial charge is 0.392 e. The fraction of sp³-hybridized carbons (Fsp3) is 0.462. The van der Waals surface area contributed by atoms with Crippen molar-refractivity contribution in [2.45, 2.75) is 26.7 Å². The summed E-state index contributed by atoms with van der Waals surface area (Å²) < 4.78 is 0. The summed E-state index contributed by atoms with van der Waals surface area (Å²) in [4.78, 5) is 16.7. The van der Waals surface area contributed by atoms with Crippen molar-refractivity contribution in [2.75, 3.05) is 5.32 Å². The van der Waals surface area contributed by atoms with E-state index in [0.717, 1.165) is 18.4 Å². The van der Waals surface area contributed by atoms with E-state index in [4.69, 9.17) is 18.0 Å². The maximum Gasteiger partial charge on any atom is 0.238 e. The second-order valence-electron chi connectivity index (χ2n) is 5.13. The first kappa shape index (κ1) is 13.0. The van der Waals surface area contributed by atoms with Crippen molar-refractivity contribution in [3.8, 4) is 0 Å². The average Bonchev–Trinajstić information content (AvgIpc) is 2.23. The number of carbonyl (C=O) groups is 1. The molecule has 0 aromatic carbocycles. The van der Waals surface area contributed by atoms with Crippen LogP contribution in [0.1, 0.15) is 25.3 Å². The number of rotatable bonds is 3. The Morgan fingerprint density at radius 1 is 1.61 bits per heavy atom. The fourth-order valence-electron chi connectivity index (χ4n) is 2.47. The van der Waals surface area contributed by atoms with E-state index in [2.05, 4.69) is 17.2 Å². The highest BCUT2D eigenvalue weighted by Gasteiger charge is 2.50. The minimum atomic E-state index is -0.680. The van der Waals surface area contributed by atoms with Crippen LogP contribution in [0.15, 0.2) is 18.3 Å². The molecule has 3 N–H and O–H groups in total. The Kier molecular flexibility index (Phi) is 3.34.